The number of nitrogens with one attached hydrogen (secondary N) is 1. The summed E-state index contributed by atoms with van der Waals surface area (Å²) in [4.78, 5) is 4.56. The van der Waals surface area contributed by atoms with Crippen LogP contribution in [-0.4, -0.2) is 12.5 Å². The molecule has 2 aromatic rings. The molecule has 122 valence electrons. The number of aryl methyl sites for hydroxylation is 1. The summed E-state index contributed by atoms with van der Waals surface area (Å²) in [7, 11) is 0. The van der Waals surface area contributed by atoms with Gasteiger partial charge in [-0.1, -0.05) is 48.0 Å². The van der Waals surface area contributed by atoms with Crippen LogP contribution in [0.25, 0.3) is 0 Å². The van der Waals surface area contributed by atoms with E-state index < -0.39 is 0 Å². The quantitative estimate of drug-likeness (QED) is 0.428. The summed E-state index contributed by atoms with van der Waals surface area (Å²) in [6, 6.07) is 18.8. The summed E-state index contributed by atoms with van der Waals surface area (Å²) in [5, 5.41) is 3.16. The normalized spacial score (nSPS) is 15.6. The molecule has 1 fully saturated rings. The number of rotatable bonds is 5. The maximum absolute atomic E-state index is 6.01. The molecule has 0 aliphatic heterocycles. The van der Waals surface area contributed by atoms with Crippen molar-refractivity contribution < 1.29 is 0 Å². The molecule has 2 aromatic carbocycles. The van der Waals surface area contributed by atoms with E-state index in [4.69, 9.17) is 5.73 Å². The fourth-order valence-corrected chi connectivity index (χ4v) is 2.67. The van der Waals surface area contributed by atoms with Gasteiger partial charge in [0, 0.05) is 12.2 Å². The van der Waals surface area contributed by atoms with Crippen LogP contribution in [0.5, 0.6) is 0 Å². The lowest BCUT2D eigenvalue weighted by molar-refractivity contribution is 0.522. The van der Waals surface area contributed by atoms with Gasteiger partial charge in [0.15, 0.2) is 5.96 Å². The minimum absolute atomic E-state index is 0. The SMILES string of the molecule is Cc1ccc(NC(N)=NCC2(Cc3ccccc3)CC2)cc1.I. The summed E-state index contributed by atoms with van der Waals surface area (Å²) in [5.41, 5.74) is 9.94. The second kappa shape index (κ2) is 7.81. The molecule has 4 heteroatoms. The predicted molar refractivity (Wildman–Crippen MR) is 109 cm³/mol. The van der Waals surface area contributed by atoms with Crippen molar-refractivity contribution in [2.45, 2.75) is 26.2 Å². The van der Waals surface area contributed by atoms with Gasteiger partial charge in [0.25, 0.3) is 0 Å². The molecule has 3 nitrogen and oxygen atoms in total. The first-order valence-corrected chi connectivity index (χ1v) is 7.83. The molecule has 1 saturated carbocycles. The number of halogens is 1. The van der Waals surface area contributed by atoms with Gasteiger partial charge in [-0.15, -0.1) is 24.0 Å². The Morgan fingerprint density at radius 2 is 1.74 bits per heavy atom. The zero-order valence-corrected chi connectivity index (χ0v) is 15.8. The van der Waals surface area contributed by atoms with Crippen LogP contribution in [0.4, 0.5) is 5.69 Å². The van der Waals surface area contributed by atoms with Gasteiger partial charge >= 0.3 is 0 Å². The fraction of sp³-hybridized carbons (Fsp3) is 0.316. The Hall–Kier alpha value is -1.56. The van der Waals surface area contributed by atoms with Crippen LogP contribution in [0.15, 0.2) is 59.6 Å². The molecule has 1 aliphatic rings. The molecule has 0 unspecified atom stereocenters. The second-order valence-corrected chi connectivity index (χ2v) is 6.35. The maximum atomic E-state index is 6.01. The molecule has 23 heavy (non-hydrogen) atoms. The monoisotopic (exact) mass is 421 g/mol. The summed E-state index contributed by atoms with van der Waals surface area (Å²) in [6.07, 6.45) is 3.57. The molecule has 0 radical (unpaired) electrons. The van der Waals surface area contributed by atoms with E-state index in [1.807, 2.05) is 12.1 Å². The number of anilines is 1. The van der Waals surface area contributed by atoms with Crippen LogP contribution >= 0.6 is 24.0 Å². The van der Waals surface area contributed by atoms with E-state index in [1.165, 1.54) is 24.0 Å². The molecular weight excluding hydrogens is 397 g/mol. The Bertz CT molecular complexity index is 646. The number of guanidine groups is 1. The van der Waals surface area contributed by atoms with Gasteiger partial charge in [-0.05, 0) is 49.3 Å². The van der Waals surface area contributed by atoms with Gasteiger partial charge in [-0.3, -0.25) is 4.99 Å². The number of aliphatic imine (C=N–C) groups is 1. The van der Waals surface area contributed by atoms with E-state index in [-0.39, 0.29) is 24.0 Å². The molecular formula is C19H24IN3. The van der Waals surface area contributed by atoms with Crippen LogP contribution < -0.4 is 11.1 Å². The number of benzene rings is 2. The minimum Gasteiger partial charge on any atom is -0.370 e. The molecule has 0 heterocycles. The Morgan fingerprint density at radius 3 is 2.35 bits per heavy atom. The number of nitrogens with two attached hydrogens (primary N) is 1. The molecule has 0 amide bonds. The largest absolute Gasteiger partial charge is 0.370 e. The minimum atomic E-state index is 0. The van der Waals surface area contributed by atoms with Crippen molar-refractivity contribution in [3.63, 3.8) is 0 Å². The van der Waals surface area contributed by atoms with Crippen molar-refractivity contribution in [1.82, 2.24) is 0 Å². The Morgan fingerprint density at radius 1 is 1.09 bits per heavy atom. The molecule has 0 saturated heterocycles. The number of nitrogens with zero attached hydrogens (tertiary/aromatic N) is 1. The molecule has 0 spiro atoms. The lowest BCUT2D eigenvalue weighted by atomic mass is 9.97. The smallest absolute Gasteiger partial charge is 0.193 e. The fourth-order valence-electron chi connectivity index (χ4n) is 2.67. The second-order valence-electron chi connectivity index (χ2n) is 6.35. The highest BCUT2D eigenvalue weighted by atomic mass is 127. The highest BCUT2D eigenvalue weighted by Crippen LogP contribution is 2.48. The Labute approximate surface area is 155 Å². The standard InChI is InChI=1S/C19H23N3.HI/c1-15-7-9-17(10-8-15)22-18(20)21-14-19(11-12-19)13-16-5-3-2-4-6-16;/h2-10H,11-14H2,1H3,(H3,20,21,22);1H. The van der Waals surface area contributed by atoms with Crippen molar-refractivity contribution in [2.24, 2.45) is 16.1 Å². The van der Waals surface area contributed by atoms with Gasteiger partial charge in [0.2, 0.25) is 0 Å². The van der Waals surface area contributed by atoms with Gasteiger partial charge in [-0.2, -0.15) is 0 Å². The van der Waals surface area contributed by atoms with Gasteiger partial charge in [-0.25, -0.2) is 0 Å². The predicted octanol–water partition coefficient (Wildman–Crippen LogP) is 4.36. The molecule has 3 rings (SSSR count). The van der Waals surface area contributed by atoms with E-state index in [1.54, 1.807) is 0 Å². The third kappa shape index (κ3) is 5.23. The van der Waals surface area contributed by atoms with Crippen molar-refractivity contribution in [3.05, 3.63) is 65.7 Å². The third-order valence-electron chi connectivity index (χ3n) is 4.29. The summed E-state index contributed by atoms with van der Waals surface area (Å²) in [5.74, 6) is 0.503. The van der Waals surface area contributed by atoms with Crippen LogP contribution in [0.2, 0.25) is 0 Å². The molecule has 1 aliphatic carbocycles. The average Bonchev–Trinajstić information content (AvgIpc) is 3.29. The highest BCUT2D eigenvalue weighted by molar-refractivity contribution is 14.0. The topological polar surface area (TPSA) is 50.4 Å². The first-order valence-electron chi connectivity index (χ1n) is 7.83. The molecule has 0 bridgehead atoms. The summed E-state index contributed by atoms with van der Waals surface area (Å²) >= 11 is 0. The maximum Gasteiger partial charge on any atom is 0.193 e. The van der Waals surface area contributed by atoms with Crippen molar-refractivity contribution in [1.29, 1.82) is 0 Å². The molecule has 0 aromatic heterocycles. The zero-order valence-electron chi connectivity index (χ0n) is 13.5. The molecule has 0 atom stereocenters. The lowest BCUT2D eigenvalue weighted by Crippen LogP contribution is -2.24. The highest BCUT2D eigenvalue weighted by Gasteiger charge is 2.42. The Kier molecular flexibility index (Phi) is 6.04. The van der Waals surface area contributed by atoms with Crippen molar-refractivity contribution in [3.8, 4) is 0 Å². The van der Waals surface area contributed by atoms with E-state index >= 15 is 0 Å². The van der Waals surface area contributed by atoms with Crippen molar-refractivity contribution in [2.75, 3.05) is 11.9 Å². The summed E-state index contributed by atoms with van der Waals surface area (Å²) < 4.78 is 0. The van der Waals surface area contributed by atoms with Gasteiger partial charge < -0.3 is 11.1 Å². The van der Waals surface area contributed by atoms with E-state index in [2.05, 4.69) is 59.7 Å². The number of hydrogen-bond donors (Lipinski definition) is 2. The van der Waals surface area contributed by atoms with Crippen LogP contribution in [0, 0.1) is 12.3 Å². The summed E-state index contributed by atoms with van der Waals surface area (Å²) in [6.45, 7) is 2.87. The molecule has 3 N–H and O–H groups in total. The van der Waals surface area contributed by atoms with Crippen molar-refractivity contribution >= 4 is 35.6 Å². The van der Waals surface area contributed by atoms with Crippen LogP contribution in [0.3, 0.4) is 0 Å². The third-order valence-corrected chi connectivity index (χ3v) is 4.29. The lowest BCUT2D eigenvalue weighted by Gasteiger charge is -2.13. The number of hydrogen-bond acceptors (Lipinski definition) is 1. The average molecular weight is 421 g/mol. The van der Waals surface area contributed by atoms with E-state index in [9.17, 15) is 0 Å². The van der Waals surface area contributed by atoms with Gasteiger partial charge in [0.05, 0.1) is 0 Å². The van der Waals surface area contributed by atoms with Crippen LogP contribution in [0.1, 0.15) is 24.0 Å². The van der Waals surface area contributed by atoms with Crippen LogP contribution in [-0.2, 0) is 6.42 Å². The first-order chi connectivity index (χ1) is 10.7. The van der Waals surface area contributed by atoms with E-state index in [0.717, 1.165) is 18.7 Å². The van der Waals surface area contributed by atoms with Gasteiger partial charge in [0.1, 0.15) is 0 Å². The van der Waals surface area contributed by atoms with E-state index in [0.29, 0.717) is 11.4 Å². The zero-order chi connectivity index (χ0) is 15.4. The Balaban J connectivity index is 0.00000192. The first kappa shape index (κ1) is 17.8.